The maximum absolute atomic E-state index is 10.8. The van der Waals surface area contributed by atoms with Gasteiger partial charge in [0.2, 0.25) is 5.89 Å². The number of benzene rings is 1. The predicted molar refractivity (Wildman–Crippen MR) is 88.6 cm³/mol. The second-order valence-corrected chi connectivity index (χ2v) is 6.83. The molecule has 2 heterocycles. The van der Waals surface area contributed by atoms with Gasteiger partial charge in [-0.2, -0.15) is 4.98 Å². The SMILES string of the molecule is O=[N+]([O-])c1ccc(N2CCC(c3noc(C4CC4)n3)CC2)c(Cl)c1. The topological polar surface area (TPSA) is 85.3 Å². The van der Waals surface area contributed by atoms with E-state index < -0.39 is 4.92 Å². The minimum Gasteiger partial charge on any atom is -0.370 e. The molecule has 126 valence electrons. The van der Waals surface area contributed by atoms with E-state index in [1.165, 1.54) is 12.1 Å². The molecule has 0 spiro atoms. The van der Waals surface area contributed by atoms with Gasteiger partial charge in [0.15, 0.2) is 5.82 Å². The van der Waals surface area contributed by atoms with Crippen molar-refractivity contribution in [3.05, 3.63) is 45.1 Å². The first kappa shape index (κ1) is 15.4. The van der Waals surface area contributed by atoms with Gasteiger partial charge < -0.3 is 9.42 Å². The standard InChI is InChI=1S/C16H17ClN4O3/c17-13-9-12(21(22)23)3-4-14(13)20-7-5-10(6-8-20)15-18-16(24-19-15)11-1-2-11/h3-4,9-11H,1-2,5-8H2. The second kappa shape index (κ2) is 6.05. The van der Waals surface area contributed by atoms with Crippen molar-refractivity contribution in [1.29, 1.82) is 0 Å². The molecule has 1 saturated heterocycles. The predicted octanol–water partition coefficient (Wildman–Crippen LogP) is 3.89. The van der Waals surface area contributed by atoms with E-state index in [0.29, 0.717) is 16.9 Å². The molecule has 8 heteroatoms. The third kappa shape index (κ3) is 2.96. The third-order valence-corrected chi connectivity index (χ3v) is 5.03. The van der Waals surface area contributed by atoms with Gasteiger partial charge in [-0.05, 0) is 31.7 Å². The fourth-order valence-electron chi connectivity index (χ4n) is 3.15. The molecule has 0 bridgehead atoms. The summed E-state index contributed by atoms with van der Waals surface area (Å²) in [6.07, 6.45) is 4.13. The zero-order chi connectivity index (χ0) is 16.7. The lowest BCUT2D eigenvalue weighted by molar-refractivity contribution is -0.384. The normalized spacial score (nSPS) is 18.8. The van der Waals surface area contributed by atoms with Crippen molar-refractivity contribution in [1.82, 2.24) is 10.1 Å². The van der Waals surface area contributed by atoms with Gasteiger partial charge in [0.05, 0.1) is 15.6 Å². The van der Waals surface area contributed by atoms with E-state index in [-0.39, 0.29) is 5.69 Å². The van der Waals surface area contributed by atoms with Crippen LogP contribution in [0.3, 0.4) is 0 Å². The van der Waals surface area contributed by atoms with E-state index in [0.717, 1.165) is 56.2 Å². The molecule has 2 aromatic rings. The molecule has 1 saturated carbocycles. The minimum absolute atomic E-state index is 0.0121. The Morgan fingerprint density at radius 1 is 1.21 bits per heavy atom. The lowest BCUT2D eigenvalue weighted by Crippen LogP contribution is -2.33. The van der Waals surface area contributed by atoms with Crippen molar-refractivity contribution in [2.24, 2.45) is 0 Å². The summed E-state index contributed by atoms with van der Waals surface area (Å²) in [6, 6.07) is 4.62. The summed E-state index contributed by atoms with van der Waals surface area (Å²) in [7, 11) is 0. The van der Waals surface area contributed by atoms with E-state index in [2.05, 4.69) is 15.0 Å². The zero-order valence-electron chi connectivity index (χ0n) is 13.0. The molecule has 0 amide bonds. The van der Waals surface area contributed by atoms with Crippen LogP contribution in [0.15, 0.2) is 22.7 Å². The molecule has 4 rings (SSSR count). The first-order chi connectivity index (χ1) is 11.6. The van der Waals surface area contributed by atoms with Crippen LogP contribution in [0.2, 0.25) is 5.02 Å². The lowest BCUT2D eigenvalue weighted by atomic mass is 9.95. The molecule has 1 aliphatic heterocycles. The summed E-state index contributed by atoms with van der Waals surface area (Å²) in [5.41, 5.74) is 0.852. The van der Waals surface area contributed by atoms with Gasteiger partial charge in [-0.1, -0.05) is 16.8 Å². The molecular formula is C16H17ClN4O3. The Hall–Kier alpha value is -2.15. The quantitative estimate of drug-likeness (QED) is 0.615. The molecule has 0 radical (unpaired) electrons. The van der Waals surface area contributed by atoms with Crippen LogP contribution in [0.25, 0.3) is 0 Å². The van der Waals surface area contributed by atoms with Crippen LogP contribution in [0, 0.1) is 10.1 Å². The van der Waals surface area contributed by atoms with Gasteiger partial charge in [0, 0.05) is 37.1 Å². The summed E-state index contributed by atoms with van der Waals surface area (Å²) in [5.74, 6) is 2.37. The van der Waals surface area contributed by atoms with Gasteiger partial charge in [0.25, 0.3) is 5.69 Å². The number of piperidine rings is 1. The summed E-state index contributed by atoms with van der Waals surface area (Å²) in [4.78, 5) is 17.1. The second-order valence-electron chi connectivity index (χ2n) is 6.42. The molecule has 2 fully saturated rings. The Morgan fingerprint density at radius 2 is 1.96 bits per heavy atom. The number of rotatable bonds is 4. The number of nitro groups is 1. The number of aromatic nitrogens is 2. The van der Waals surface area contributed by atoms with Crippen LogP contribution in [-0.2, 0) is 0 Å². The molecule has 0 N–H and O–H groups in total. The molecule has 2 aliphatic rings. The maximum Gasteiger partial charge on any atom is 0.271 e. The van der Waals surface area contributed by atoms with Crippen LogP contribution in [0.1, 0.15) is 49.2 Å². The average Bonchev–Trinajstić information content (AvgIpc) is 3.32. The number of non-ortho nitro benzene ring substituents is 1. The number of anilines is 1. The summed E-state index contributed by atoms with van der Waals surface area (Å²) in [5, 5.41) is 15.4. The molecule has 1 aliphatic carbocycles. The van der Waals surface area contributed by atoms with Gasteiger partial charge in [-0.25, -0.2) is 0 Å². The highest BCUT2D eigenvalue weighted by atomic mass is 35.5. The number of hydrogen-bond acceptors (Lipinski definition) is 6. The van der Waals surface area contributed by atoms with Crippen molar-refractivity contribution in [3.8, 4) is 0 Å². The van der Waals surface area contributed by atoms with Crippen molar-refractivity contribution >= 4 is 23.0 Å². The van der Waals surface area contributed by atoms with Crippen molar-refractivity contribution in [3.63, 3.8) is 0 Å². The first-order valence-corrected chi connectivity index (χ1v) is 8.52. The van der Waals surface area contributed by atoms with Crippen LogP contribution < -0.4 is 4.90 Å². The Kier molecular flexibility index (Phi) is 3.88. The lowest BCUT2D eigenvalue weighted by Gasteiger charge is -2.32. The highest BCUT2D eigenvalue weighted by Crippen LogP contribution is 2.40. The van der Waals surface area contributed by atoms with E-state index in [9.17, 15) is 10.1 Å². The van der Waals surface area contributed by atoms with Crippen molar-refractivity contribution in [2.45, 2.75) is 37.5 Å². The molecule has 24 heavy (non-hydrogen) atoms. The van der Waals surface area contributed by atoms with Gasteiger partial charge in [0.1, 0.15) is 0 Å². The van der Waals surface area contributed by atoms with Crippen LogP contribution in [0.5, 0.6) is 0 Å². The minimum atomic E-state index is -0.435. The Balaban J connectivity index is 1.42. The van der Waals surface area contributed by atoms with Gasteiger partial charge >= 0.3 is 0 Å². The van der Waals surface area contributed by atoms with Gasteiger partial charge in [-0.15, -0.1) is 0 Å². The van der Waals surface area contributed by atoms with Crippen molar-refractivity contribution in [2.75, 3.05) is 18.0 Å². The molecule has 1 aromatic heterocycles. The number of nitrogens with zero attached hydrogens (tertiary/aromatic N) is 4. The van der Waals surface area contributed by atoms with E-state index in [4.69, 9.17) is 16.1 Å². The third-order valence-electron chi connectivity index (χ3n) is 4.73. The zero-order valence-corrected chi connectivity index (χ0v) is 13.8. The molecule has 0 atom stereocenters. The summed E-state index contributed by atoms with van der Waals surface area (Å²) < 4.78 is 5.35. The summed E-state index contributed by atoms with van der Waals surface area (Å²) >= 11 is 6.22. The largest absolute Gasteiger partial charge is 0.370 e. The number of halogens is 1. The Morgan fingerprint density at radius 3 is 2.58 bits per heavy atom. The summed E-state index contributed by atoms with van der Waals surface area (Å²) in [6.45, 7) is 1.63. The van der Waals surface area contributed by atoms with Crippen LogP contribution in [0.4, 0.5) is 11.4 Å². The van der Waals surface area contributed by atoms with Crippen LogP contribution in [-0.4, -0.2) is 28.2 Å². The number of nitro benzene ring substituents is 1. The Labute approximate surface area is 143 Å². The van der Waals surface area contributed by atoms with Crippen molar-refractivity contribution < 1.29 is 9.45 Å². The fourth-order valence-corrected chi connectivity index (χ4v) is 3.45. The fraction of sp³-hybridized carbons (Fsp3) is 0.500. The first-order valence-electron chi connectivity index (χ1n) is 8.14. The highest BCUT2D eigenvalue weighted by Gasteiger charge is 2.32. The van der Waals surface area contributed by atoms with E-state index in [1.807, 2.05) is 0 Å². The maximum atomic E-state index is 10.8. The number of hydrogen-bond donors (Lipinski definition) is 0. The molecular weight excluding hydrogens is 332 g/mol. The highest BCUT2D eigenvalue weighted by molar-refractivity contribution is 6.33. The van der Waals surface area contributed by atoms with Gasteiger partial charge in [-0.3, -0.25) is 10.1 Å². The molecule has 1 aromatic carbocycles. The smallest absolute Gasteiger partial charge is 0.271 e. The molecule has 0 unspecified atom stereocenters. The Bertz CT molecular complexity index is 766. The van der Waals surface area contributed by atoms with E-state index >= 15 is 0 Å². The van der Waals surface area contributed by atoms with E-state index in [1.54, 1.807) is 6.07 Å². The van der Waals surface area contributed by atoms with Crippen LogP contribution >= 0.6 is 11.6 Å². The average molecular weight is 349 g/mol. The monoisotopic (exact) mass is 348 g/mol. The molecule has 7 nitrogen and oxygen atoms in total.